The van der Waals surface area contributed by atoms with Crippen molar-refractivity contribution in [1.82, 2.24) is 4.90 Å². The molecule has 0 aliphatic carbocycles. The number of methoxy groups -OCH3 is 3. The van der Waals surface area contributed by atoms with E-state index in [0.29, 0.717) is 24.5 Å². The predicted molar refractivity (Wildman–Crippen MR) is 127 cm³/mol. The van der Waals surface area contributed by atoms with Crippen LogP contribution in [0.5, 0.6) is 17.2 Å². The van der Waals surface area contributed by atoms with Gasteiger partial charge in [-0.2, -0.15) is 0 Å². The van der Waals surface area contributed by atoms with Crippen LogP contribution in [0.25, 0.3) is 21.5 Å². The van der Waals surface area contributed by atoms with E-state index in [1.807, 2.05) is 30.3 Å². The molecule has 6 heteroatoms. The summed E-state index contributed by atoms with van der Waals surface area (Å²) in [4.78, 5) is 14.6. The highest BCUT2D eigenvalue weighted by Gasteiger charge is 2.39. The summed E-state index contributed by atoms with van der Waals surface area (Å²) < 4.78 is 16.7. The largest absolute Gasteiger partial charge is 0.497 e. The van der Waals surface area contributed by atoms with Crippen LogP contribution >= 0.6 is 0 Å². The molecule has 0 radical (unpaired) electrons. The van der Waals surface area contributed by atoms with Gasteiger partial charge in [0.1, 0.15) is 11.4 Å². The first kappa shape index (κ1) is 21.7. The van der Waals surface area contributed by atoms with E-state index in [-0.39, 0.29) is 12.3 Å². The molecule has 0 aromatic heterocycles. The molecule has 1 atom stereocenters. The maximum absolute atomic E-state index is 12.9. The van der Waals surface area contributed by atoms with Crippen molar-refractivity contribution in [2.45, 2.75) is 25.0 Å². The lowest BCUT2D eigenvalue weighted by atomic mass is 9.82. The molecule has 166 valence electrons. The molecule has 0 saturated carbocycles. The minimum atomic E-state index is -1.01. The number of amides is 1. The number of nitrogens with zero attached hydrogens (tertiary/aromatic N) is 1. The average Bonchev–Trinajstić information content (AvgIpc) is 2.82. The molecule has 0 saturated heterocycles. The van der Waals surface area contributed by atoms with Crippen molar-refractivity contribution in [3.05, 3.63) is 66.8 Å². The van der Waals surface area contributed by atoms with Crippen molar-refractivity contribution in [2.24, 2.45) is 5.73 Å². The molecule has 32 heavy (non-hydrogen) atoms. The monoisotopic (exact) mass is 432 g/mol. The van der Waals surface area contributed by atoms with Gasteiger partial charge < -0.3 is 24.8 Å². The molecule has 1 heterocycles. The zero-order chi connectivity index (χ0) is 23.0. The SMILES string of the molecule is C=CCC(=O)N1Cc2c(c3cc(OC)c(OC)cc3c3cc(OC)ccc23)CC1(N)C=C. The Bertz CT molecular complexity index is 1250. The van der Waals surface area contributed by atoms with Crippen LogP contribution in [0.4, 0.5) is 0 Å². The fourth-order valence-electron chi connectivity index (χ4n) is 4.62. The highest BCUT2D eigenvalue weighted by Crippen LogP contribution is 2.44. The number of rotatable bonds is 6. The maximum atomic E-state index is 12.9. The number of carbonyl (C=O) groups is 1. The second kappa shape index (κ2) is 8.20. The Morgan fingerprint density at radius 1 is 1.00 bits per heavy atom. The molecule has 6 nitrogen and oxygen atoms in total. The Labute approximate surface area is 187 Å². The third-order valence-corrected chi connectivity index (χ3v) is 6.31. The minimum absolute atomic E-state index is 0.0814. The van der Waals surface area contributed by atoms with Crippen molar-refractivity contribution >= 4 is 27.5 Å². The van der Waals surface area contributed by atoms with E-state index >= 15 is 0 Å². The van der Waals surface area contributed by atoms with E-state index in [1.54, 1.807) is 38.4 Å². The Morgan fingerprint density at radius 3 is 2.25 bits per heavy atom. The van der Waals surface area contributed by atoms with Crippen LogP contribution in [0.15, 0.2) is 55.6 Å². The van der Waals surface area contributed by atoms with Crippen molar-refractivity contribution in [3.63, 3.8) is 0 Å². The predicted octanol–water partition coefficient (Wildman–Crippen LogP) is 4.32. The summed E-state index contributed by atoms with van der Waals surface area (Å²) in [6, 6.07) is 9.95. The van der Waals surface area contributed by atoms with Gasteiger partial charge in [0.2, 0.25) is 5.91 Å². The van der Waals surface area contributed by atoms with Crippen molar-refractivity contribution < 1.29 is 19.0 Å². The van der Waals surface area contributed by atoms with Crippen LogP contribution in [0, 0.1) is 0 Å². The highest BCUT2D eigenvalue weighted by molar-refractivity contribution is 6.12. The zero-order valence-electron chi connectivity index (χ0n) is 18.7. The topological polar surface area (TPSA) is 74.0 Å². The normalized spacial score (nSPS) is 17.7. The lowest BCUT2D eigenvalue weighted by Crippen LogP contribution is -2.60. The molecule has 3 aromatic carbocycles. The Balaban J connectivity index is 2.10. The molecule has 1 unspecified atom stereocenters. The second-order valence-corrected chi connectivity index (χ2v) is 7.97. The van der Waals surface area contributed by atoms with Gasteiger partial charge in [-0.3, -0.25) is 4.79 Å². The van der Waals surface area contributed by atoms with E-state index in [2.05, 4.69) is 13.2 Å². The molecule has 3 aromatic rings. The van der Waals surface area contributed by atoms with E-state index in [1.165, 1.54) is 0 Å². The van der Waals surface area contributed by atoms with E-state index < -0.39 is 5.66 Å². The molecule has 0 spiro atoms. The van der Waals surface area contributed by atoms with E-state index in [9.17, 15) is 4.79 Å². The van der Waals surface area contributed by atoms with Crippen LogP contribution in [-0.2, 0) is 17.8 Å². The lowest BCUT2D eigenvalue weighted by molar-refractivity contribution is -0.136. The number of nitrogens with two attached hydrogens (primary N) is 1. The maximum Gasteiger partial charge on any atom is 0.228 e. The quantitative estimate of drug-likeness (QED) is 0.464. The fourth-order valence-corrected chi connectivity index (χ4v) is 4.62. The third kappa shape index (κ3) is 3.28. The summed E-state index contributed by atoms with van der Waals surface area (Å²) in [6.45, 7) is 8.02. The Hall–Kier alpha value is -3.51. The van der Waals surface area contributed by atoms with Crippen LogP contribution in [0.1, 0.15) is 17.5 Å². The first-order chi connectivity index (χ1) is 15.4. The fraction of sp³-hybridized carbons (Fsp3) is 0.269. The molecule has 4 rings (SSSR count). The van der Waals surface area contributed by atoms with Crippen LogP contribution in [0.3, 0.4) is 0 Å². The van der Waals surface area contributed by atoms with E-state index in [4.69, 9.17) is 19.9 Å². The number of carbonyl (C=O) groups excluding carboxylic acids is 1. The number of hydrogen-bond acceptors (Lipinski definition) is 5. The van der Waals surface area contributed by atoms with Gasteiger partial charge in [0.25, 0.3) is 0 Å². The van der Waals surface area contributed by atoms with Gasteiger partial charge >= 0.3 is 0 Å². The van der Waals surface area contributed by atoms with Crippen molar-refractivity contribution in [1.29, 1.82) is 0 Å². The molecule has 2 N–H and O–H groups in total. The van der Waals surface area contributed by atoms with Gasteiger partial charge in [-0.05, 0) is 56.9 Å². The first-order valence-corrected chi connectivity index (χ1v) is 10.4. The van der Waals surface area contributed by atoms with Crippen LogP contribution in [-0.4, -0.2) is 37.8 Å². The van der Waals surface area contributed by atoms with Crippen LogP contribution in [0.2, 0.25) is 0 Å². The summed E-state index contributed by atoms with van der Waals surface area (Å²) in [5.74, 6) is 1.95. The molecule has 1 amide bonds. The number of fused-ring (bicyclic) bond motifs is 6. The van der Waals surface area contributed by atoms with E-state index in [0.717, 1.165) is 38.4 Å². The van der Waals surface area contributed by atoms with Gasteiger partial charge in [0.05, 0.1) is 21.3 Å². The molecular formula is C26H28N2O4. The van der Waals surface area contributed by atoms with Crippen LogP contribution < -0.4 is 19.9 Å². The summed E-state index contributed by atoms with van der Waals surface area (Å²) in [5.41, 5.74) is 7.86. The van der Waals surface area contributed by atoms with Crippen molar-refractivity contribution in [3.8, 4) is 17.2 Å². The lowest BCUT2D eigenvalue weighted by Gasteiger charge is -2.44. The summed E-state index contributed by atoms with van der Waals surface area (Å²) >= 11 is 0. The van der Waals surface area contributed by atoms with Gasteiger partial charge in [0, 0.05) is 19.4 Å². The second-order valence-electron chi connectivity index (χ2n) is 7.97. The Morgan fingerprint density at radius 2 is 1.66 bits per heavy atom. The summed E-state index contributed by atoms with van der Waals surface area (Å²) in [6.07, 6.45) is 3.90. The molecule has 0 fully saturated rings. The smallest absolute Gasteiger partial charge is 0.228 e. The minimum Gasteiger partial charge on any atom is -0.497 e. The molecule has 0 bridgehead atoms. The molecule has 1 aliphatic rings. The third-order valence-electron chi connectivity index (χ3n) is 6.31. The highest BCUT2D eigenvalue weighted by atomic mass is 16.5. The molecule has 1 aliphatic heterocycles. The van der Waals surface area contributed by atoms with Crippen molar-refractivity contribution in [2.75, 3.05) is 21.3 Å². The van der Waals surface area contributed by atoms with Gasteiger partial charge in [-0.15, -0.1) is 6.58 Å². The van der Waals surface area contributed by atoms with Gasteiger partial charge in [-0.25, -0.2) is 0 Å². The standard InChI is InChI=1S/C26H28N2O4/c1-6-8-25(29)28-15-22-17-10-9-16(30-3)11-18(17)19-12-23(31-4)24(32-5)13-20(19)21(22)14-26(28,27)7-2/h6-7,9-13H,1-2,8,14-15,27H2,3-5H3. The molecular weight excluding hydrogens is 404 g/mol. The van der Waals surface area contributed by atoms with Gasteiger partial charge in [-0.1, -0.05) is 24.8 Å². The number of benzene rings is 3. The van der Waals surface area contributed by atoms with Gasteiger partial charge in [0.15, 0.2) is 11.5 Å². The summed E-state index contributed by atoms with van der Waals surface area (Å²) in [5, 5.41) is 4.07. The first-order valence-electron chi connectivity index (χ1n) is 10.4. The summed E-state index contributed by atoms with van der Waals surface area (Å²) in [7, 11) is 4.89. The Kier molecular flexibility index (Phi) is 5.57. The number of ether oxygens (including phenoxy) is 3. The zero-order valence-corrected chi connectivity index (χ0v) is 18.7. The average molecular weight is 433 g/mol. The number of hydrogen-bond donors (Lipinski definition) is 1.